The molecule has 1 unspecified atom stereocenters. The van der Waals surface area contributed by atoms with E-state index in [1.165, 1.54) is 0 Å². The maximum atomic E-state index is 13.3. The smallest absolute Gasteiger partial charge is 0.410 e. The predicted octanol–water partition coefficient (Wildman–Crippen LogP) is 4.91. The number of nitrogens with zero attached hydrogens (tertiary/aromatic N) is 2. The van der Waals surface area contributed by atoms with Gasteiger partial charge < -0.3 is 14.7 Å². The molecular weight excluding hydrogens is 496 g/mol. The molecule has 7 heteroatoms. The summed E-state index contributed by atoms with van der Waals surface area (Å²) in [5, 5.41) is 11.4. The Bertz CT molecular complexity index is 1110. The lowest BCUT2D eigenvalue weighted by Gasteiger charge is -2.44. The topological polar surface area (TPSA) is 70.1 Å². The fraction of sp³-hybridized carbons (Fsp3) is 0.481. The molecule has 2 aromatic carbocycles. The Morgan fingerprint density at radius 2 is 1.88 bits per heavy atom. The third kappa shape index (κ3) is 5.01. The van der Waals surface area contributed by atoms with Gasteiger partial charge >= 0.3 is 6.09 Å². The highest BCUT2D eigenvalue weighted by Gasteiger charge is 2.41. The number of fused-ring (bicyclic) bond motifs is 2. The van der Waals surface area contributed by atoms with E-state index in [0.717, 1.165) is 21.2 Å². The van der Waals surface area contributed by atoms with E-state index in [1.54, 1.807) is 9.80 Å². The average molecular weight is 529 g/mol. The number of amides is 2. The second-order valence-corrected chi connectivity index (χ2v) is 11.9. The molecule has 1 N–H and O–H groups in total. The number of ether oxygens (including phenoxy) is 1. The van der Waals surface area contributed by atoms with Gasteiger partial charge in [-0.1, -0.05) is 54.0 Å². The van der Waals surface area contributed by atoms with Crippen molar-refractivity contribution in [2.45, 2.75) is 70.7 Å². The Balaban J connectivity index is 1.60. The van der Waals surface area contributed by atoms with Crippen molar-refractivity contribution in [3.05, 3.63) is 69.2 Å². The standard InChI is InChI=1S/C27H33BrN2O4/c1-26(2,3)34-25(33)30-14-18-9-7-6-8-17(18)12-22(30)23(31)15-29-16-27(4,5)21-13-19(28)10-11-20(21)24(29)32/h6-11,13,22-23,31H,12,14-16H2,1-5H3/t22-,23?/m0/s1. The zero-order chi connectivity index (χ0) is 24.8. The highest BCUT2D eigenvalue weighted by Crippen LogP contribution is 2.36. The van der Waals surface area contributed by atoms with E-state index in [0.29, 0.717) is 25.1 Å². The van der Waals surface area contributed by atoms with Gasteiger partial charge in [-0.15, -0.1) is 0 Å². The molecule has 2 aliphatic heterocycles. The van der Waals surface area contributed by atoms with Crippen molar-refractivity contribution in [3.8, 4) is 0 Å². The average Bonchev–Trinajstić information content (AvgIpc) is 2.75. The maximum absolute atomic E-state index is 13.3. The molecule has 2 amide bonds. The number of carbonyl (C=O) groups is 2. The van der Waals surface area contributed by atoms with Gasteiger partial charge in [-0.2, -0.15) is 0 Å². The van der Waals surface area contributed by atoms with Crippen molar-refractivity contribution in [3.63, 3.8) is 0 Å². The molecule has 34 heavy (non-hydrogen) atoms. The number of hydrogen-bond donors (Lipinski definition) is 1. The van der Waals surface area contributed by atoms with Crippen molar-refractivity contribution in [2.24, 2.45) is 0 Å². The van der Waals surface area contributed by atoms with E-state index in [1.807, 2.05) is 63.2 Å². The van der Waals surface area contributed by atoms with Crippen LogP contribution in [-0.2, 0) is 23.1 Å². The summed E-state index contributed by atoms with van der Waals surface area (Å²) in [5.41, 5.74) is 2.90. The number of aliphatic hydroxyl groups is 1. The Kier molecular flexibility index (Phi) is 6.55. The Labute approximate surface area is 210 Å². The van der Waals surface area contributed by atoms with Crippen LogP contribution >= 0.6 is 15.9 Å². The van der Waals surface area contributed by atoms with Gasteiger partial charge in [0, 0.05) is 35.1 Å². The van der Waals surface area contributed by atoms with Crippen LogP contribution in [0.25, 0.3) is 0 Å². The van der Waals surface area contributed by atoms with E-state index in [-0.39, 0.29) is 17.9 Å². The van der Waals surface area contributed by atoms with Crippen molar-refractivity contribution >= 4 is 27.9 Å². The van der Waals surface area contributed by atoms with Crippen LogP contribution in [0, 0.1) is 0 Å². The largest absolute Gasteiger partial charge is 0.444 e. The third-order valence-electron chi connectivity index (χ3n) is 6.58. The van der Waals surface area contributed by atoms with E-state index in [2.05, 4.69) is 29.8 Å². The lowest BCUT2D eigenvalue weighted by atomic mass is 9.78. The fourth-order valence-electron chi connectivity index (χ4n) is 4.97. The summed E-state index contributed by atoms with van der Waals surface area (Å²) in [6, 6.07) is 13.2. The summed E-state index contributed by atoms with van der Waals surface area (Å²) in [7, 11) is 0. The molecule has 2 aliphatic rings. The molecule has 2 atom stereocenters. The molecule has 2 heterocycles. The first-order chi connectivity index (χ1) is 15.9. The Morgan fingerprint density at radius 1 is 1.21 bits per heavy atom. The zero-order valence-corrected chi connectivity index (χ0v) is 22.1. The second kappa shape index (κ2) is 9.00. The summed E-state index contributed by atoms with van der Waals surface area (Å²) >= 11 is 3.51. The van der Waals surface area contributed by atoms with Crippen molar-refractivity contribution < 1.29 is 19.4 Å². The molecule has 0 radical (unpaired) electrons. The van der Waals surface area contributed by atoms with Gasteiger partial charge in [-0.05, 0) is 62.1 Å². The van der Waals surface area contributed by atoms with Crippen LogP contribution in [0.2, 0.25) is 0 Å². The second-order valence-electron chi connectivity index (χ2n) is 11.0. The van der Waals surface area contributed by atoms with Crippen LogP contribution in [0.3, 0.4) is 0 Å². The molecule has 6 nitrogen and oxygen atoms in total. The van der Waals surface area contributed by atoms with Gasteiger partial charge in [-0.3, -0.25) is 9.69 Å². The van der Waals surface area contributed by atoms with Gasteiger partial charge in [0.15, 0.2) is 0 Å². The summed E-state index contributed by atoms with van der Waals surface area (Å²) < 4.78 is 6.60. The molecule has 0 aromatic heterocycles. The van der Waals surface area contributed by atoms with Gasteiger partial charge in [0.2, 0.25) is 0 Å². The van der Waals surface area contributed by atoms with Gasteiger partial charge in [-0.25, -0.2) is 4.79 Å². The van der Waals surface area contributed by atoms with Crippen molar-refractivity contribution in [2.75, 3.05) is 13.1 Å². The number of hydrogen-bond acceptors (Lipinski definition) is 4. The van der Waals surface area contributed by atoms with Crippen LogP contribution in [0.1, 0.15) is 61.7 Å². The quantitative estimate of drug-likeness (QED) is 0.614. The monoisotopic (exact) mass is 528 g/mol. The van der Waals surface area contributed by atoms with E-state index in [4.69, 9.17) is 4.74 Å². The summed E-state index contributed by atoms with van der Waals surface area (Å²) in [6.07, 6.45) is -0.866. The van der Waals surface area contributed by atoms with E-state index < -0.39 is 23.8 Å². The number of carbonyl (C=O) groups excluding carboxylic acids is 2. The molecular formula is C27H33BrN2O4. The fourth-order valence-corrected chi connectivity index (χ4v) is 5.33. The van der Waals surface area contributed by atoms with Crippen LogP contribution in [-0.4, -0.2) is 57.7 Å². The highest BCUT2D eigenvalue weighted by atomic mass is 79.9. The molecule has 0 spiro atoms. The minimum absolute atomic E-state index is 0.0964. The number of halogens is 1. The molecule has 0 saturated carbocycles. The predicted molar refractivity (Wildman–Crippen MR) is 135 cm³/mol. The molecule has 4 rings (SSSR count). The van der Waals surface area contributed by atoms with E-state index >= 15 is 0 Å². The van der Waals surface area contributed by atoms with Crippen LogP contribution in [0.15, 0.2) is 46.9 Å². The van der Waals surface area contributed by atoms with E-state index in [9.17, 15) is 14.7 Å². The molecule has 0 aliphatic carbocycles. The molecule has 0 bridgehead atoms. The lowest BCUT2D eigenvalue weighted by molar-refractivity contribution is -0.0193. The SMILES string of the molecule is CC(C)(C)OC(=O)N1Cc2ccccc2C[C@H]1C(O)CN1CC(C)(C)c2cc(Br)ccc2C1=O. The Hall–Kier alpha value is -2.38. The summed E-state index contributed by atoms with van der Waals surface area (Å²) in [5.74, 6) is -0.0964. The van der Waals surface area contributed by atoms with Crippen molar-refractivity contribution in [1.82, 2.24) is 9.80 Å². The number of benzene rings is 2. The maximum Gasteiger partial charge on any atom is 0.410 e. The zero-order valence-electron chi connectivity index (χ0n) is 20.5. The summed E-state index contributed by atoms with van der Waals surface area (Å²) in [6.45, 7) is 10.7. The van der Waals surface area contributed by atoms with Gasteiger partial charge in [0.25, 0.3) is 5.91 Å². The first-order valence-electron chi connectivity index (χ1n) is 11.7. The lowest BCUT2D eigenvalue weighted by Crippen LogP contribution is -2.57. The third-order valence-corrected chi connectivity index (χ3v) is 7.08. The normalized spacial score (nSPS) is 20.4. The first-order valence-corrected chi connectivity index (χ1v) is 12.5. The molecule has 182 valence electrons. The number of rotatable bonds is 3. The molecule has 0 saturated heterocycles. The van der Waals surface area contributed by atoms with Crippen LogP contribution < -0.4 is 0 Å². The van der Waals surface area contributed by atoms with Crippen LogP contribution in [0.4, 0.5) is 4.79 Å². The van der Waals surface area contributed by atoms with Crippen LogP contribution in [0.5, 0.6) is 0 Å². The minimum Gasteiger partial charge on any atom is -0.444 e. The highest BCUT2D eigenvalue weighted by molar-refractivity contribution is 9.10. The number of β-amino-alcohol motifs (C(OH)–C–C–N with tert-alkyl or cyclic N) is 1. The summed E-state index contributed by atoms with van der Waals surface area (Å²) in [4.78, 5) is 29.8. The van der Waals surface area contributed by atoms with Gasteiger partial charge in [0.1, 0.15) is 5.60 Å². The van der Waals surface area contributed by atoms with Gasteiger partial charge in [0.05, 0.1) is 12.1 Å². The molecule has 2 aromatic rings. The minimum atomic E-state index is -0.919. The van der Waals surface area contributed by atoms with Crippen molar-refractivity contribution in [1.29, 1.82) is 0 Å². The molecule has 0 fully saturated rings. The number of aliphatic hydroxyl groups excluding tert-OH is 1. The Morgan fingerprint density at radius 3 is 2.56 bits per heavy atom. The first kappa shape index (κ1) is 24.7.